The van der Waals surface area contributed by atoms with Gasteiger partial charge in [0.05, 0.1) is 25.6 Å². The Bertz CT molecular complexity index is 674. The van der Waals surface area contributed by atoms with Crippen LogP contribution in [0.25, 0.3) is 0 Å². The number of aliphatic hydroxyl groups is 3. The summed E-state index contributed by atoms with van der Waals surface area (Å²) in [5.74, 6) is -1.54. The number of rotatable bonds is 27. The summed E-state index contributed by atoms with van der Waals surface area (Å²) in [7, 11) is 0. The summed E-state index contributed by atoms with van der Waals surface area (Å²) in [5, 5.41) is 39.5. The molecule has 0 radical (unpaired) electrons. The predicted octanol–water partition coefficient (Wildman–Crippen LogP) is 6.43. The van der Waals surface area contributed by atoms with Crippen molar-refractivity contribution in [1.82, 2.24) is 0 Å². The molecular formula is C33H62O9. The highest BCUT2D eigenvalue weighted by Gasteiger charge is 2.39. The third-order valence-electron chi connectivity index (χ3n) is 8.13. The summed E-state index contributed by atoms with van der Waals surface area (Å²) in [6.45, 7) is 4.23. The zero-order chi connectivity index (χ0) is 31.0. The molecule has 1 heterocycles. The lowest BCUT2D eigenvalue weighted by atomic mass is 10.0. The molecule has 0 saturated carbocycles. The lowest BCUT2D eigenvalue weighted by molar-refractivity contribution is -0.283. The van der Waals surface area contributed by atoms with Crippen LogP contribution in [0.3, 0.4) is 0 Å². The number of carboxylic acid groups (broad SMARTS) is 1. The Kier molecular flexibility index (Phi) is 23.2. The molecule has 0 bridgehead atoms. The Morgan fingerprint density at radius 3 is 1.60 bits per heavy atom. The van der Waals surface area contributed by atoms with Crippen molar-refractivity contribution < 1.29 is 44.2 Å². The molecule has 42 heavy (non-hydrogen) atoms. The first-order chi connectivity index (χ1) is 20.3. The molecule has 6 atom stereocenters. The summed E-state index contributed by atoms with van der Waals surface area (Å²) in [6, 6.07) is 0. The summed E-state index contributed by atoms with van der Waals surface area (Å²) >= 11 is 0. The molecular weight excluding hydrogens is 540 g/mol. The predicted molar refractivity (Wildman–Crippen MR) is 163 cm³/mol. The van der Waals surface area contributed by atoms with E-state index < -0.39 is 48.7 Å². The van der Waals surface area contributed by atoms with Gasteiger partial charge in [-0.05, 0) is 19.3 Å². The molecule has 1 fully saturated rings. The van der Waals surface area contributed by atoms with Gasteiger partial charge in [-0.1, -0.05) is 123 Å². The number of hydrogen-bond acceptors (Lipinski definition) is 8. The lowest BCUT2D eigenvalue weighted by Gasteiger charge is -2.36. The molecule has 0 amide bonds. The van der Waals surface area contributed by atoms with Crippen LogP contribution in [-0.2, 0) is 23.8 Å². The van der Waals surface area contributed by atoms with E-state index in [1.165, 1.54) is 77.0 Å². The van der Waals surface area contributed by atoms with Gasteiger partial charge in [-0.15, -0.1) is 0 Å². The fourth-order valence-corrected chi connectivity index (χ4v) is 5.49. The zero-order valence-electron chi connectivity index (χ0n) is 26.6. The van der Waals surface area contributed by atoms with Gasteiger partial charge >= 0.3 is 11.9 Å². The molecule has 9 heteroatoms. The van der Waals surface area contributed by atoms with Crippen molar-refractivity contribution in [2.45, 2.75) is 192 Å². The van der Waals surface area contributed by atoms with Gasteiger partial charge in [-0.2, -0.15) is 0 Å². The van der Waals surface area contributed by atoms with Crippen molar-refractivity contribution in [2.24, 2.45) is 0 Å². The Hall–Kier alpha value is -1.26. The van der Waals surface area contributed by atoms with Crippen molar-refractivity contribution in [2.75, 3.05) is 6.61 Å². The summed E-state index contributed by atoms with van der Waals surface area (Å²) in [6.07, 6.45) is 14.8. The Morgan fingerprint density at radius 2 is 1.12 bits per heavy atom. The second kappa shape index (κ2) is 25.1. The van der Waals surface area contributed by atoms with Crippen LogP contribution in [0.1, 0.15) is 155 Å². The largest absolute Gasteiger partial charge is 0.481 e. The van der Waals surface area contributed by atoms with E-state index in [1.807, 2.05) is 0 Å². The van der Waals surface area contributed by atoms with Gasteiger partial charge in [-0.3, -0.25) is 9.59 Å². The van der Waals surface area contributed by atoms with Crippen LogP contribution in [0.15, 0.2) is 0 Å². The molecule has 0 aliphatic carbocycles. The number of aliphatic hydroxyl groups excluding tert-OH is 3. The fraction of sp³-hybridized carbons (Fsp3) is 0.939. The Labute approximate surface area is 254 Å². The molecule has 3 unspecified atom stereocenters. The highest BCUT2D eigenvalue weighted by atomic mass is 16.7. The molecule has 1 aliphatic heterocycles. The average molecular weight is 603 g/mol. The van der Waals surface area contributed by atoms with E-state index in [4.69, 9.17) is 14.2 Å². The van der Waals surface area contributed by atoms with Crippen molar-refractivity contribution in [3.05, 3.63) is 0 Å². The zero-order valence-corrected chi connectivity index (χ0v) is 26.6. The van der Waals surface area contributed by atoms with Crippen LogP contribution in [0.4, 0.5) is 0 Å². The van der Waals surface area contributed by atoms with Gasteiger partial charge in [-0.25, -0.2) is 0 Å². The number of carboxylic acids is 1. The molecule has 0 aromatic heterocycles. The molecule has 0 aromatic carbocycles. The quantitative estimate of drug-likeness (QED) is 0.0618. The van der Waals surface area contributed by atoms with Gasteiger partial charge in [0.25, 0.3) is 0 Å². The standard InChI is InChI=1S/C33H62O9/c1-3-5-7-9-11-13-15-17-19-21-26(23-29(35)36)41-30(37)24-27(22-20-18-16-14-12-10-8-6-4-2)42-33-32(39)31(38)28(34)25-40-33/h26-28,31-34,38-39H,3-25H2,1-2H3,(H,35,36)/t26?,27?,28-,31+,32-,33?/m1/s1. The number of ether oxygens (including phenoxy) is 3. The lowest BCUT2D eigenvalue weighted by Crippen LogP contribution is -2.54. The van der Waals surface area contributed by atoms with Crippen LogP contribution in [0.2, 0.25) is 0 Å². The highest BCUT2D eigenvalue weighted by Crippen LogP contribution is 2.23. The molecule has 1 rings (SSSR count). The molecule has 1 aliphatic rings. The first-order valence-corrected chi connectivity index (χ1v) is 17.0. The minimum absolute atomic E-state index is 0.101. The van der Waals surface area contributed by atoms with Crippen LogP contribution in [-0.4, -0.2) is 75.8 Å². The normalized spacial score (nSPS) is 22.1. The van der Waals surface area contributed by atoms with Crippen molar-refractivity contribution in [1.29, 1.82) is 0 Å². The minimum atomic E-state index is -1.44. The van der Waals surface area contributed by atoms with Gasteiger partial charge in [0, 0.05) is 0 Å². The van der Waals surface area contributed by atoms with Crippen molar-refractivity contribution >= 4 is 11.9 Å². The first kappa shape index (κ1) is 38.8. The smallest absolute Gasteiger partial charge is 0.308 e. The summed E-state index contributed by atoms with van der Waals surface area (Å²) in [5.41, 5.74) is 0. The SMILES string of the molecule is CCCCCCCCCCCC(CC(=O)O)OC(=O)CC(CCCCCCCCCCC)OC1OC[C@@H](O)[C@H](O)[C@H]1O. The number of esters is 1. The maximum atomic E-state index is 12.9. The van der Waals surface area contributed by atoms with E-state index in [9.17, 15) is 30.0 Å². The molecule has 248 valence electrons. The van der Waals surface area contributed by atoms with E-state index in [1.54, 1.807) is 0 Å². The van der Waals surface area contributed by atoms with Gasteiger partial charge < -0.3 is 34.6 Å². The third kappa shape index (κ3) is 19.1. The highest BCUT2D eigenvalue weighted by molar-refractivity contribution is 5.72. The van der Waals surface area contributed by atoms with Crippen LogP contribution in [0.5, 0.6) is 0 Å². The first-order valence-electron chi connectivity index (χ1n) is 17.0. The van der Waals surface area contributed by atoms with Crippen LogP contribution in [0, 0.1) is 0 Å². The summed E-state index contributed by atoms with van der Waals surface area (Å²) in [4.78, 5) is 24.3. The van der Waals surface area contributed by atoms with E-state index in [2.05, 4.69) is 13.8 Å². The van der Waals surface area contributed by atoms with E-state index in [-0.39, 0.29) is 19.4 Å². The second-order valence-corrected chi connectivity index (χ2v) is 12.2. The third-order valence-corrected chi connectivity index (χ3v) is 8.13. The van der Waals surface area contributed by atoms with E-state index >= 15 is 0 Å². The fourth-order valence-electron chi connectivity index (χ4n) is 5.49. The average Bonchev–Trinajstić information content (AvgIpc) is 2.95. The maximum absolute atomic E-state index is 12.9. The molecule has 4 N–H and O–H groups in total. The Morgan fingerprint density at radius 1 is 0.667 bits per heavy atom. The van der Waals surface area contributed by atoms with Crippen LogP contribution < -0.4 is 0 Å². The van der Waals surface area contributed by atoms with Gasteiger partial charge in [0.1, 0.15) is 24.4 Å². The molecule has 0 aromatic rings. The number of hydrogen-bond donors (Lipinski definition) is 4. The van der Waals surface area contributed by atoms with Gasteiger partial charge in [0.2, 0.25) is 0 Å². The van der Waals surface area contributed by atoms with Crippen molar-refractivity contribution in [3.8, 4) is 0 Å². The van der Waals surface area contributed by atoms with Crippen LogP contribution >= 0.6 is 0 Å². The molecule has 0 spiro atoms. The maximum Gasteiger partial charge on any atom is 0.308 e. The number of carbonyl (C=O) groups is 2. The molecule has 1 saturated heterocycles. The monoisotopic (exact) mass is 602 g/mol. The number of unbranched alkanes of at least 4 members (excludes halogenated alkanes) is 16. The van der Waals surface area contributed by atoms with E-state index in [0.29, 0.717) is 12.8 Å². The second-order valence-electron chi connectivity index (χ2n) is 12.2. The number of carbonyl (C=O) groups excluding carboxylic acids is 1. The topological polar surface area (TPSA) is 143 Å². The van der Waals surface area contributed by atoms with Gasteiger partial charge in [0.15, 0.2) is 6.29 Å². The number of aliphatic carboxylic acids is 1. The Balaban J connectivity index is 2.55. The van der Waals surface area contributed by atoms with E-state index in [0.717, 1.165) is 38.5 Å². The summed E-state index contributed by atoms with van der Waals surface area (Å²) < 4.78 is 17.0. The minimum Gasteiger partial charge on any atom is -0.481 e. The molecule has 9 nitrogen and oxygen atoms in total. The van der Waals surface area contributed by atoms with Crippen molar-refractivity contribution in [3.63, 3.8) is 0 Å².